The monoisotopic (exact) mass is 594 g/mol. The smallest absolute Gasteiger partial charge is 0.243 e. The highest BCUT2D eigenvalue weighted by atomic mass is 127. The van der Waals surface area contributed by atoms with E-state index in [4.69, 9.17) is 0 Å². The number of halogens is 1. The zero-order valence-electron chi connectivity index (χ0n) is 21.5. The molecule has 2 atom stereocenters. The number of nitrogens with one attached hydrogen (secondary N) is 4. The Hall–Kier alpha value is -1.23. The fourth-order valence-corrected chi connectivity index (χ4v) is 4.03. The number of hydrogen-bond acceptors (Lipinski definition) is 5. The molecule has 0 aromatic heterocycles. The summed E-state index contributed by atoms with van der Waals surface area (Å²) < 4.78 is -0.103. The van der Waals surface area contributed by atoms with Crippen LogP contribution in [0.25, 0.3) is 0 Å². The van der Waals surface area contributed by atoms with Gasteiger partial charge in [0.05, 0.1) is 6.04 Å². The lowest BCUT2D eigenvalue weighted by Gasteiger charge is -2.22. The van der Waals surface area contributed by atoms with Gasteiger partial charge in [-0.3, -0.25) is 19.2 Å². The molecular formula is C25H47IN4O4. The summed E-state index contributed by atoms with van der Waals surface area (Å²) in [7, 11) is 1.88. The molecule has 0 saturated heterocycles. The van der Waals surface area contributed by atoms with Crippen LogP contribution in [0.5, 0.6) is 0 Å². The summed E-state index contributed by atoms with van der Waals surface area (Å²) in [5.74, 6) is -0.381. The van der Waals surface area contributed by atoms with Crippen molar-refractivity contribution in [1.82, 2.24) is 21.3 Å². The topological polar surface area (TPSA) is 116 Å². The first-order valence-corrected chi connectivity index (χ1v) is 14.1. The first kappa shape index (κ1) is 32.8. The van der Waals surface area contributed by atoms with Crippen molar-refractivity contribution in [3.63, 3.8) is 0 Å². The van der Waals surface area contributed by atoms with Crippen LogP contribution < -0.4 is 21.3 Å². The predicted octanol–water partition coefficient (Wildman–Crippen LogP) is 3.75. The second kappa shape index (κ2) is 22.2. The van der Waals surface area contributed by atoms with Gasteiger partial charge in [-0.25, -0.2) is 0 Å². The third-order valence-corrected chi connectivity index (χ3v) is 6.42. The number of carbonyl (C=O) groups excluding carboxylic acids is 4. The van der Waals surface area contributed by atoms with E-state index in [0.717, 1.165) is 64.3 Å². The van der Waals surface area contributed by atoms with Gasteiger partial charge in [0.1, 0.15) is 6.04 Å². The minimum Gasteiger partial charge on any atom is -0.356 e. The quantitative estimate of drug-likeness (QED) is 0.0866. The van der Waals surface area contributed by atoms with Gasteiger partial charge in [0.2, 0.25) is 21.5 Å². The van der Waals surface area contributed by atoms with Crippen LogP contribution in [-0.4, -0.2) is 53.7 Å². The highest BCUT2D eigenvalue weighted by molar-refractivity contribution is 14.1. The first-order valence-electron chi connectivity index (χ1n) is 13.1. The summed E-state index contributed by atoms with van der Waals surface area (Å²) >= 11 is 1.73. The maximum atomic E-state index is 13.0. The van der Waals surface area contributed by atoms with E-state index in [-0.39, 0.29) is 21.5 Å². The highest BCUT2D eigenvalue weighted by Gasteiger charge is 2.25. The molecule has 198 valence electrons. The maximum absolute atomic E-state index is 13.0. The third kappa shape index (κ3) is 18.1. The zero-order valence-corrected chi connectivity index (χ0v) is 23.6. The molecule has 3 amide bonds. The minimum absolute atomic E-state index is 0.0636. The Bertz CT molecular complexity index is 589. The molecule has 0 aliphatic heterocycles. The van der Waals surface area contributed by atoms with Crippen molar-refractivity contribution in [2.24, 2.45) is 0 Å². The Labute approximate surface area is 220 Å². The second-order valence-electron chi connectivity index (χ2n) is 8.84. The SMILES string of the molecule is CCCCCC(=O)NCCCCC(NC(=O)CCCCC)C(=O)NC(CCCCNC)C(=O)I. The standard InChI is InChI=1S/C25H47IN4O4/c1-4-6-8-16-22(31)28-19-13-11-15-21(29-23(32)17-9-7-5-2)25(34)30-20(24(26)33)14-10-12-18-27-3/h20-21,27H,4-19H2,1-3H3,(H,28,31)(H,29,32)(H,30,34). The molecule has 0 radical (unpaired) electrons. The van der Waals surface area contributed by atoms with Crippen molar-refractivity contribution in [2.75, 3.05) is 20.1 Å². The van der Waals surface area contributed by atoms with E-state index in [2.05, 4.69) is 35.1 Å². The van der Waals surface area contributed by atoms with E-state index >= 15 is 0 Å². The van der Waals surface area contributed by atoms with Crippen LogP contribution in [0.2, 0.25) is 0 Å². The van der Waals surface area contributed by atoms with Crippen molar-refractivity contribution >= 4 is 44.1 Å². The largest absolute Gasteiger partial charge is 0.356 e. The lowest BCUT2D eigenvalue weighted by molar-refractivity contribution is -0.130. The molecule has 4 N–H and O–H groups in total. The van der Waals surface area contributed by atoms with Gasteiger partial charge in [-0.15, -0.1) is 0 Å². The first-order chi connectivity index (χ1) is 16.3. The van der Waals surface area contributed by atoms with Crippen molar-refractivity contribution in [1.29, 1.82) is 0 Å². The molecule has 0 aromatic carbocycles. The van der Waals surface area contributed by atoms with E-state index in [1.54, 1.807) is 22.6 Å². The predicted molar refractivity (Wildman–Crippen MR) is 146 cm³/mol. The fraction of sp³-hybridized carbons (Fsp3) is 0.840. The van der Waals surface area contributed by atoms with Crippen molar-refractivity contribution < 1.29 is 19.2 Å². The fourth-order valence-electron chi connectivity index (χ4n) is 3.56. The van der Waals surface area contributed by atoms with Gasteiger partial charge in [-0.1, -0.05) is 39.5 Å². The van der Waals surface area contributed by atoms with Crippen LogP contribution in [0.15, 0.2) is 0 Å². The molecule has 0 heterocycles. The molecule has 8 nitrogen and oxygen atoms in total. The Morgan fingerprint density at radius 3 is 1.79 bits per heavy atom. The second-order valence-corrected chi connectivity index (χ2v) is 9.91. The lowest BCUT2D eigenvalue weighted by Crippen LogP contribution is -2.51. The molecule has 34 heavy (non-hydrogen) atoms. The number of carbonyl (C=O) groups is 4. The van der Waals surface area contributed by atoms with Crippen LogP contribution in [0, 0.1) is 0 Å². The van der Waals surface area contributed by atoms with Crippen molar-refractivity contribution in [3.05, 3.63) is 0 Å². The molecule has 0 aliphatic rings. The summed E-state index contributed by atoms with van der Waals surface area (Å²) in [6.45, 7) is 5.61. The molecule has 0 rings (SSSR count). The summed E-state index contributed by atoms with van der Waals surface area (Å²) in [6.07, 6.45) is 11.0. The molecule has 9 heteroatoms. The minimum atomic E-state index is -0.676. The van der Waals surface area contributed by atoms with Gasteiger partial charge in [0, 0.05) is 42.0 Å². The molecule has 0 spiro atoms. The van der Waals surface area contributed by atoms with E-state index in [1.807, 2.05) is 7.05 Å². The normalized spacial score (nSPS) is 12.6. The lowest BCUT2D eigenvalue weighted by atomic mass is 10.1. The molecule has 0 saturated carbocycles. The van der Waals surface area contributed by atoms with Crippen LogP contribution in [0.4, 0.5) is 0 Å². The van der Waals surface area contributed by atoms with E-state index in [0.29, 0.717) is 38.6 Å². The number of amides is 3. The molecular weight excluding hydrogens is 547 g/mol. The zero-order chi connectivity index (χ0) is 25.6. The average Bonchev–Trinajstić information content (AvgIpc) is 2.80. The van der Waals surface area contributed by atoms with E-state index in [1.165, 1.54) is 0 Å². The average molecular weight is 595 g/mol. The van der Waals surface area contributed by atoms with Crippen LogP contribution in [-0.2, 0) is 19.2 Å². The molecule has 0 aliphatic carbocycles. The Kier molecular flexibility index (Phi) is 21.4. The van der Waals surface area contributed by atoms with Crippen LogP contribution in [0.3, 0.4) is 0 Å². The van der Waals surface area contributed by atoms with Gasteiger partial charge in [-0.05, 0) is 65.0 Å². The summed E-state index contributed by atoms with van der Waals surface area (Å²) in [5.41, 5.74) is 0. The van der Waals surface area contributed by atoms with Crippen LogP contribution >= 0.6 is 22.6 Å². The third-order valence-electron chi connectivity index (χ3n) is 5.67. The van der Waals surface area contributed by atoms with E-state index < -0.39 is 12.1 Å². The van der Waals surface area contributed by atoms with Crippen molar-refractivity contribution in [2.45, 2.75) is 116 Å². The van der Waals surface area contributed by atoms with Gasteiger partial charge >= 0.3 is 0 Å². The number of rotatable bonds is 22. The van der Waals surface area contributed by atoms with Crippen molar-refractivity contribution in [3.8, 4) is 0 Å². The van der Waals surface area contributed by atoms with Gasteiger partial charge in [-0.2, -0.15) is 0 Å². The highest BCUT2D eigenvalue weighted by Crippen LogP contribution is 2.09. The van der Waals surface area contributed by atoms with E-state index in [9.17, 15) is 19.2 Å². The number of unbranched alkanes of at least 4 members (excludes halogenated alkanes) is 6. The molecule has 0 bridgehead atoms. The summed E-state index contributed by atoms with van der Waals surface area (Å²) in [6, 6.07) is -1.23. The maximum Gasteiger partial charge on any atom is 0.243 e. The van der Waals surface area contributed by atoms with Gasteiger partial charge in [0.25, 0.3) is 0 Å². The molecule has 2 unspecified atom stereocenters. The van der Waals surface area contributed by atoms with Gasteiger partial charge in [0.15, 0.2) is 0 Å². The molecule has 0 aromatic rings. The van der Waals surface area contributed by atoms with Gasteiger partial charge < -0.3 is 21.3 Å². The Balaban J connectivity index is 4.73. The Morgan fingerprint density at radius 1 is 0.676 bits per heavy atom. The van der Waals surface area contributed by atoms with Crippen LogP contribution in [0.1, 0.15) is 104 Å². The number of hydrogen-bond donors (Lipinski definition) is 4. The Morgan fingerprint density at radius 2 is 1.24 bits per heavy atom. The molecule has 0 fully saturated rings. The summed E-state index contributed by atoms with van der Waals surface area (Å²) in [5, 5.41) is 11.7. The summed E-state index contributed by atoms with van der Waals surface area (Å²) in [4.78, 5) is 49.2.